The molecule has 0 aliphatic heterocycles. The maximum Gasteiger partial charge on any atom is 0.305 e. The van der Waals surface area contributed by atoms with E-state index in [2.05, 4.69) is 19.1 Å². The zero-order valence-corrected chi connectivity index (χ0v) is 26.5. The summed E-state index contributed by atoms with van der Waals surface area (Å²) in [6.07, 6.45) is 24.8. The number of carbonyl (C=O) groups excluding carboxylic acids is 1. The van der Waals surface area contributed by atoms with Crippen LogP contribution in [0.2, 0.25) is 0 Å². The predicted octanol–water partition coefficient (Wildman–Crippen LogP) is 6.70. The van der Waals surface area contributed by atoms with Crippen molar-refractivity contribution in [1.82, 2.24) is 0 Å². The van der Waals surface area contributed by atoms with Crippen molar-refractivity contribution in [2.45, 2.75) is 129 Å². The Morgan fingerprint density at radius 1 is 0.846 bits per heavy atom. The van der Waals surface area contributed by atoms with E-state index in [1.165, 1.54) is 89.9 Å². The first-order valence-corrected chi connectivity index (χ1v) is 16.9. The van der Waals surface area contributed by atoms with E-state index in [4.69, 9.17) is 13.8 Å². The minimum atomic E-state index is -4.58. The average Bonchev–Trinajstić information content (AvgIpc) is 2.86. The lowest BCUT2D eigenvalue weighted by atomic mass is 10.1. The molecule has 0 saturated heterocycles. The molecule has 0 aromatic rings. The number of aliphatic hydroxyl groups is 1. The molecule has 0 fully saturated rings. The molecule has 0 bridgehead atoms. The number of phosphoric acid groups is 1. The minimum absolute atomic E-state index is 0.0286. The molecule has 9 heteroatoms. The Hall–Kier alpha value is -0.760. The van der Waals surface area contributed by atoms with Crippen molar-refractivity contribution < 1.29 is 37.6 Å². The van der Waals surface area contributed by atoms with Gasteiger partial charge < -0.3 is 28.3 Å². The summed E-state index contributed by atoms with van der Waals surface area (Å²) < 4.78 is 27.2. The number of hydrogen-bond acceptors (Lipinski definition) is 7. The van der Waals surface area contributed by atoms with Gasteiger partial charge >= 0.3 is 5.97 Å². The molecule has 0 radical (unpaired) electrons. The Morgan fingerprint density at radius 2 is 1.33 bits per heavy atom. The smallest absolute Gasteiger partial charge is 0.305 e. The molecule has 232 valence electrons. The van der Waals surface area contributed by atoms with E-state index in [-0.39, 0.29) is 19.6 Å². The molecule has 0 heterocycles. The molecule has 0 aliphatic carbocycles. The molecule has 0 spiro atoms. The number of allylic oxidation sites excluding steroid dienone is 2. The number of rotatable bonds is 28. The average molecular weight is 578 g/mol. The Bertz CT molecular complexity index is 652. The Morgan fingerprint density at radius 3 is 1.82 bits per heavy atom. The van der Waals surface area contributed by atoms with E-state index in [9.17, 15) is 19.4 Å². The zero-order chi connectivity index (χ0) is 29.2. The van der Waals surface area contributed by atoms with Gasteiger partial charge in [0.15, 0.2) is 0 Å². The van der Waals surface area contributed by atoms with Crippen LogP contribution < -0.4 is 4.89 Å². The number of nitrogens with zero attached hydrogens (tertiary/aromatic N) is 1. The van der Waals surface area contributed by atoms with Crippen molar-refractivity contribution in [2.75, 3.05) is 47.5 Å². The summed E-state index contributed by atoms with van der Waals surface area (Å²) >= 11 is 0. The van der Waals surface area contributed by atoms with Gasteiger partial charge in [0.2, 0.25) is 0 Å². The number of quaternary nitrogens is 1. The Balaban J connectivity index is 3.61. The molecule has 0 rings (SSSR count). The second-order valence-electron chi connectivity index (χ2n) is 11.6. The molecular formula is C30H60NO7P. The number of carbonyl (C=O) groups is 1. The van der Waals surface area contributed by atoms with Crippen molar-refractivity contribution in [3.63, 3.8) is 0 Å². The number of aliphatic hydroxyl groups excluding tert-OH is 1. The quantitative estimate of drug-likeness (QED) is 0.0363. The second-order valence-corrected chi connectivity index (χ2v) is 13.0. The summed E-state index contributed by atoms with van der Waals surface area (Å²) in [4.78, 5) is 23.9. The van der Waals surface area contributed by atoms with Gasteiger partial charge in [0.25, 0.3) is 7.82 Å². The van der Waals surface area contributed by atoms with Gasteiger partial charge in [0, 0.05) is 6.42 Å². The monoisotopic (exact) mass is 577 g/mol. The fourth-order valence-electron chi connectivity index (χ4n) is 4.06. The van der Waals surface area contributed by atoms with Crippen molar-refractivity contribution in [3.8, 4) is 0 Å². The third kappa shape index (κ3) is 28.6. The molecule has 0 aromatic heterocycles. The summed E-state index contributed by atoms with van der Waals surface area (Å²) in [5.41, 5.74) is 0. The number of hydrogen-bond donors (Lipinski definition) is 1. The first-order chi connectivity index (χ1) is 18.6. The summed E-state index contributed by atoms with van der Waals surface area (Å²) in [5, 5.41) is 9.36. The lowest BCUT2D eigenvalue weighted by Gasteiger charge is -2.29. The van der Waals surface area contributed by atoms with E-state index < -0.39 is 26.5 Å². The van der Waals surface area contributed by atoms with Crippen LogP contribution in [0.3, 0.4) is 0 Å². The fourth-order valence-corrected chi connectivity index (χ4v) is 4.92. The maximum atomic E-state index is 11.9. The lowest BCUT2D eigenvalue weighted by Crippen LogP contribution is -2.38. The SMILES string of the molecule is CCCCCCCC/C=C\CCCCCCCCCCCC(=O)OC[C@H](CO)OP(=O)([O-])OCC[N+](C)(C)C. The second kappa shape index (κ2) is 25.0. The third-order valence-corrected chi connectivity index (χ3v) is 7.62. The standard InChI is InChI=1S/C30H60NO7P/c1-5-6-7-8-9-10-11-12-13-14-15-16-17-18-19-20-21-22-23-24-30(33)36-28-29(27-32)38-39(34,35)37-26-25-31(2,3)4/h12-13,29,32H,5-11,14-28H2,1-4H3/b13-12-/t29-/m0/s1. The van der Waals surface area contributed by atoms with Gasteiger partial charge in [0.05, 0.1) is 27.7 Å². The molecule has 0 saturated carbocycles. The van der Waals surface area contributed by atoms with Crippen LogP contribution in [-0.4, -0.2) is 69.2 Å². The van der Waals surface area contributed by atoms with Crippen molar-refractivity contribution >= 4 is 13.8 Å². The molecule has 2 atom stereocenters. The number of esters is 1. The highest BCUT2D eigenvalue weighted by Crippen LogP contribution is 2.39. The summed E-state index contributed by atoms with van der Waals surface area (Å²) in [6, 6.07) is 0. The molecule has 1 unspecified atom stereocenters. The van der Waals surface area contributed by atoms with Gasteiger partial charge in [-0.2, -0.15) is 0 Å². The highest BCUT2D eigenvalue weighted by atomic mass is 31.2. The van der Waals surface area contributed by atoms with Crippen LogP contribution in [-0.2, 0) is 23.1 Å². The van der Waals surface area contributed by atoms with Crippen molar-refractivity contribution in [3.05, 3.63) is 12.2 Å². The van der Waals surface area contributed by atoms with Crippen molar-refractivity contribution in [1.29, 1.82) is 0 Å². The predicted molar refractivity (Wildman–Crippen MR) is 157 cm³/mol. The minimum Gasteiger partial charge on any atom is -0.756 e. The summed E-state index contributed by atoms with van der Waals surface area (Å²) in [5.74, 6) is -0.412. The number of likely N-dealkylation sites (N-methyl/N-ethyl adjacent to an activating group) is 1. The lowest BCUT2D eigenvalue weighted by molar-refractivity contribution is -0.870. The Kier molecular flexibility index (Phi) is 24.5. The van der Waals surface area contributed by atoms with Gasteiger partial charge in [-0.1, -0.05) is 96.1 Å². The van der Waals surface area contributed by atoms with E-state index in [0.717, 1.165) is 19.3 Å². The van der Waals surface area contributed by atoms with Crippen LogP contribution >= 0.6 is 7.82 Å². The largest absolute Gasteiger partial charge is 0.756 e. The molecular weight excluding hydrogens is 517 g/mol. The Labute approximate surface area is 239 Å². The van der Waals surface area contributed by atoms with Gasteiger partial charge in [-0.3, -0.25) is 9.36 Å². The van der Waals surface area contributed by atoms with E-state index in [1.54, 1.807) is 0 Å². The van der Waals surface area contributed by atoms with Gasteiger partial charge in [-0.05, 0) is 32.1 Å². The van der Waals surface area contributed by atoms with Gasteiger partial charge in [-0.15, -0.1) is 0 Å². The van der Waals surface area contributed by atoms with Gasteiger partial charge in [0.1, 0.15) is 25.9 Å². The fraction of sp³-hybridized carbons (Fsp3) is 0.900. The first-order valence-electron chi connectivity index (χ1n) is 15.5. The highest BCUT2D eigenvalue weighted by molar-refractivity contribution is 7.45. The van der Waals surface area contributed by atoms with Crippen LogP contribution in [0.4, 0.5) is 0 Å². The van der Waals surface area contributed by atoms with E-state index >= 15 is 0 Å². The van der Waals surface area contributed by atoms with Gasteiger partial charge in [-0.25, -0.2) is 0 Å². The molecule has 8 nitrogen and oxygen atoms in total. The van der Waals surface area contributed by atoms with E-state index in [0.29, 0.717) is 11.0 Å². The summed E-state index contributed by atoms with van der Waals surface area (Å²) in [7, 11) is 1.15. The maximum absolute atomic E-state index is 11.9. The summed E-state index contributed by atoms with van der Waals surface area (Å²) in [6.45, 7) is 1.80. The third-order valence-electron chi connectivity index (χ3n) is 6.57. The number of ether oxygens (including phenoxy) is 1. The molecule has 0 aromatic carbocycles. The van der Waals surface area contributed by atoms with Crippen LogP contribution in [0.1, 0.15) is 122 Å². The topological polar surface area (TPSA) is 105 Å². The highest BCUT2D eigenvalue weighted by Gasteiger charge is 2.20. The normalized spacial score (nSPS) is 14.5. The first kappa shape index (κ1) is 38.2. The molecule has 0 aliphatic rings. The molecule has 0 amide bonds. The van der Waals surface area contributed by atoms with Crippen LogP contribution in [0, 0.1) is 0 Å². The molecule has 39 heavy (non-hydrogen) atoms. The van der Waals surface area contributed by atoms with Crippen LogP contribution in [0.25, 0.3) is 0 Å². The van der Waals surface area contributed by atoms with Crippen LogP contribution in [0.15, 0.2) is 12.2 Å². The zero-order valence-electron chi connectivity index (χ0n) is 25.6. The van der Waals surface area contributed by atoms with Crippen molar-refractivity contribution in [2.24, 2.45) is 0 Å². The number of phosphoric ester groups is 1. The van der Waals surface area contributed by atoms with Crippen LogP contribution in [0.5, 0.6) is 0 Å². The molecule has 1 N–H and O–H groups in total. The van der Waals surface area contributed by atoms with E-state index in [1.807, 2.05) is 21.1 Å². The number of unbranched alkanes of at least 4 members (excludes halogenated alkanes) is 15.